The average molecular weight is 333 g/mol. The van der Waals surface area contributed by atoms with Crippen molar-refractivity contribution in [2.45, 2.75) is 45.4 Å². The van der Waals surface area contributed by atoms with Gasteiger partial charge >= 0.3 is 0 Å². The van der Waals surface area contributed by atoms with Crippen LogP contribution in [0.2, 0.25) is 0 Å². The Hall–Kier alpha value is -1.82. The van der Waals surface area contributed by atoms with Gasteiger partial charge in [0.15, 0.2) is 5.17 Å². The normalized spacial score (nSPS) is 19.7. The second-order valence-electron chi connectivity index (χ2n) is 5.97. The van der Waals surface area contributed by atoms with Crippen LogP contribution in [0.25, 0.3) is 0 Å². The molecular formula is C17H23N3O2S. The van der Waals surface area contributed by atoms with Crippen LogP contribution in [-0.4, -0.2) is 40.2 Å². The van der Waals surface area contributed by atoms with E-state index in [0.29, 0.717) is 5.17 Å². The van der Waals surface area contributed by atoms with E-state index in [1.807, 2.05) is 45.9 Å². The van der Waals surface area contributed by atoms with Crippen LogP contribution in [0.5, 0.6) is 0 Å². The largest absolute Gasteiger partial charge is 0.326 e. The minimum Gasteiger partial charge on any atom is -0.326 e. The molecule has 0 saturated carbocycles. The van der Waals surface area contributed by atoms with Crippen LogP contribution in [-0.2, 0) is 9.59 Å². The molecule has 1 unspecified atom stereocenters. The molecule has 1 aliphatic heterocycles. The van der Waals surface area contributed by atoms with Gasteiger partial charge in [0.25, 0.3) is 0 Å². The first-order valence-electron chi connectivity index (χ1n) is 7.67. The Bertz CT molecular complexity index is 655. The molecule has 1 saturated heterocycles. The van der Waals surface area contributed by atoms with Gasteiger partial charge in [0, 0.05) is 25.2 Å². The zero-order valence-electron chi connectivity index (χ0n) is 14.2. The van der Waals surface area contributed by atoms with Gasteiger partial charge in [-0.1, -0.05) is 17.8 Å². The van der Waals surface area contributed by atoms with Crippen LogP contribution in [0, 0.1) is 13.8 Å². The lowest BCUT2D eigenvalue weighted by atomic mass is 10.1. The van der Waals surface area contributed by atoms with Crippen molar-refractivity contribution in [2.75, 3.05) is 12.4 Å². The predicted octanol–water partition coefficient (Wildman–Crippen LogP) is 2.97. The molecule has 0 spiro atoms. The Balaban J connectivity index is 2.03. The third-order valence-electron chi connectivity index (χ3n) is 3.84. The summed E-state index contributed by atoms with van der Waals surface area (Å²) in [6, 6.07) is 5.84. The van der Waals surface area contributed by atoms with E-state index in [-0.39, 0.29) is 24.3 Å². The molecule has 1 atom stereocenters. The van der Waals surface area contributed by atoms with Crippen molar-refractivity contribution in [3.8, 4) is 0 Å². The summed E-state index contributed by atoms with van der Waals surface area (Å²) in [5.74, 6) is -0.194. The van der Waals surface area contributed by atoms with E-state index < -0.39 is 5.25 Å². The minimum atomic E-state index is -0.400. The highest BCUT2D eigenvalue weighted by Gasteiger charge is 2.40. The third kappa shape index (κ3) is 3.93. The van der Waals surface area contributed by atoms with Crippen molar-refractivity contribution in [3.63, 3.8) is 0 Å². The monoisotopic (exact) mass is 333 g/mol. The minimum absolute atomic E-state index is 0.0409. The lowest BCUT2D eigenvalue weighted by Crippen LogP contribution is -2.38. The van der Waals surface area contributed by atoms with Gasteiger partial charge in [0.05, 0.1) is 0 Å². The predicted molar refractivity (Wildman–Crippen MR) is 95.9 cm³/mol. The van der Waals surface area contributed by atoms with Crippen molar-refractivity contribution in [1.29, 1.82) is 0 Å². The molecule has 1 N–H and O–H groups in total. The SMILES string of the molecule is CN=C1SC(CC(=O)Nc2ccc(C)c(C)c2)C(=O)N1C(C)C. The molecule has 0 radical (unpaired) electrons. The number of nitrogens with zero attached hydrogens (tertiary/aromatic N) is 2. The Morgan fingerprint density at radius 2 is 2.04 bits per heavy atom. The molecular weight excluding hydrogens is 310 g/mol. The Morgan fingerprint density at radius 3 is 2.57 bits per heavy atom. The zero-order chi connectivity index (χ0) is 17.1. The summed E-state index contributed by atoms with van der Waals surface area (Å²) >= 11 is 1.37. The van der Waals surface area contributed by atoms with Crippen LogP contribution in [0.3, 0.4) is 0 Å². The van der Waals surface area contributed by atoms with E-state index in [1.165, 1.54) is 17.3 Å². The van der Waals surface area contributed by atoms with E-state index in [0.717, 1.165) is 11.3 Å². The molecule has 1 aromatic carbocycles. The summed E-state index contributed by atoms with van der Waals surface area (Å²) in [5, 5.41) is 3.16. The van der Waals surface area contributed by atoms with Crippen LogP contribution >= 0.6 is 11.8 Å². The molecule has 1 aliphatic rings. The standard InChI is InChI=1S/C17H23N3O2S/c1-10(2)20-16(22)14(23-17(20)18-5)9-15(21)19-13-7-6-11(3)12(4)8-13/h6-8,10,14H,9H2,1-5H3,(H,19,21). The van der Waals surface area contributed by atoms with E-state index in [1.54, 1.807) is 11.9 Å². The number of amides is 2. The summed E-state index contributed by atoms with van der Waals surface area (Å²) in [6.07, 6.45) is 0.151. The van der Waals surface area contributed by atoms with E-state index in [9.17, 15) is 9.59 Å². The van der Waals surface area contributed by atoms with Gasteiger partial charge in [0.2, 0.25) is 11.8 Å². The molecule has 1 heterocycles. The van der Waals surface area contributed by atoms with Gasteiger partial charge in [-0.05, 0) is 51.0 Å². The van der Waals surface area contributed by atoms with E-state index >= 15 is 0 Å². The average Bonchev–Trinajstić information content (AvgIpc) is 2.79. The molecule has 0 aromatic heterocycles. The van der Waals surface area contributed by atoms with Crippen molar-refractivity contribution < 1.29 is 9.59 Å². The lowest BCUT2D eigenvalue weighted by Gasteiger charge is -2.20. The number of hydrogen-bond acceptors (Lipinski definition) is 4. The molecule has 0 bridgehead atoms. The summed E-state index contributed by atoms with van der Waals surface area (Å²) in [4.78, 5) is 30.5. The highest BCUT2D eigenvalue weighted by atomic mass is 32.2. The smallest absolute Gasteiger partial charge is 0.242 e. The van der Waals surface area contributed by atoms with Gasteiger partial charge in [-0.15, -0.1) is 0 Å². The maximum Gasteiger partial charge on any atom is 0.242 e. The van der Waals surface area contributed by atoms with E-state index in [4.69, 9.17) is 0 Å². The zero-order valence-corrected chi connectivity index (χ0v) is 15.0. The topological polar surface area (TPSA) is 61.8 Å². The van der Waals surface area contributed by atoms with Crippen LogP contribution < -0.4 is 5.32 Å². The number of hydrogen-bond donors (Lipinski definition) is 1. The number of carbonyl (C=O) groups excluding carboxylic acids is 2. The number of anilines is 1. The van der Waals surface area contributed by atoms with Crippen LogP contribution in [0.15, 0.2) is 23.2 Å². The molecule has 5 nitrogen and oxygen atoms in total. The quantitative estimate of drug-likeness (QED) is 0.921. The molecule has 0 aliphatic carbocycles. The molecule has 2 amide bonds. The molecule has 1 aromatic rings. The first kappa shape index (κ1) is 17.5. The highest BCUT2D eigenvalue weighted by molar-refractivity contribution is 8.15. The second-order valence-corrected chi connectivity index (χ2v) is 7.14. The van der Waals surface area contributed by atoms with Gasteiger partial charge in [-0.3, -0.25) is 19.5 Å². The highest BCUT2D eigenvalue weighted by Crippen LogP contribution is 2.31. The van der Waals surface area contributed by atoms with E-state index in [2.05, 4.69) is 10.3 Å². The Kier molecular flexibility index (Phi) is 5.46. The first-order valence-corrected chi connectivity index (χ1v) is 8.55. The van der Waals surface area contributed by atoms with Crippen LogP contribution in [0.4, 0.5) is 5.69 Å². The second kappa shape index (κ2) is 7.17. The molecule has 124 valence electrons. The van der Waals surface area contributed by atoms with Crippen molar-refractivity contribution >= 4 is 34.4 Å². The Labute approximate surface area is 141 Å². The first-order chi connectivity index (χ1) is 10.8. The number of aryl methyl sites for hydroxylation is 2. The third-order valence-corrected chi connectivity index (χ3v) is 5.08. The van der Waals surface area contributed by atoms with Gasteiger partial charge < -0.3 is 5.32 Å². The number of benzene rings is 1. The van der Waals surface area contributed by atoms with Crippen molar-refractivity contribution in [2.24, 2.45) is 4.99 Å². The maximum atomic E-state index is 12.4. The number of amidine groups is 1. The fourth-order valence-electron chi connectivity index (χ4n) is 2.45. The maximum absolute atomic E-state index is 12.4. The van der Waals surface area contributed by atoms with Crippen molar-refractivity contribution in [3.05, 3.63) is 29.3 Å². The molecule has 6 heteroatoms. The lowest BCUT2D eigenvalue weighted by molar-refractivity contribution is -0.129. The molecule has 2 rings (SSSR count). The summed E-state index contributed by atoms with van der Waals surface area (Å²) in [5.41, 5.74) is 3.07. The number of aliphatic imine (C=N–C) groups is 1. The van der Waals surface area contributed by atoms with Crippen LogP contribution in [0.1, 0.15) is 31.4 Å². The Morgan fingerprint density at radius 1 is 1.35 bits per heavy atom. The summed E-state index contributed by atoms with van der Waals surface area (Å²) in [6.45, 7) is 7.93. The summed E-state index contributed by atoms with van der Waals surface area (Å²) < 4.78 is 0. The molecule has 23 heavy (non-hydrogen) atoms. The molecule has 1 fully saturated rings. The number of nitrogens with one attached hydrogen (secondary N) is 1. The van der Waals surface area contributed by atoms with Gasteiger partial charge in [-0.2, -0.15) is 0 Å². The summed E-state index contributed by atoms with van der Waals surface area (Å²) in [7, 11) is 1.67. The van der Waals surface area contributed by atoms with Crippen molar-refractivity contribution in [1.82, 2.24) is 4.90 Å². The fraction of sp³-hybridized carbons (Fsp3) is 0.471. The number of carbonyl (C=O) groups is 2. The fourth-order valence-corrected chi connectivity index (χ4v) is 3.67. The van der Waals surface area contributed by atoms with Gasteiger partial charge in [-0.25, -0.2) is 0 Å². The van der Waals surface area contributed by atoms with Gasteiger partial charge in [0.1, 0.15) is 5.25 Å². The number of rotatable bonds is 4. The number of thioether (sulfide) groups is 1.